The van der Waals surface area contributed by atoms with E-state index in [4.69, 9.17) is 4.74 Å². The third kappa shape index (κ3) is 7.78. The van der Waals surface area contributed by atoms with Crippen molar-refractivity contribution in [2.24, 2.45) is 0 Å². The molecule has 4 amide bonds. The zero-order valence-corrected chi connectivity index (χ0v) is 15.7. The highest BCUT2D eigenvalue weighted by molar-refractivity contribution is 5.97. The van der Waals surface area contributed by atoms with Crippen LogP contribution in [0.1, 0.15) is 42.3 Å². The molecule has 0 saturated heterocycles. The maximum atomic E-state index is 12.0. The third-order valence-corrected chi connectivity index (χ3v) is 3.27. The summed E-state index contributed by atoms with van der Waals surface area (Å²) in [5.74, 6) is -1.96. The first-order valence-corrected chi connectivity index (χ1v) is 8.11. The Morgan fingerprint density at radius 2 is 1.69 bits per heavy atom. The van der Waals surface area contributed by atoms with Crippen molar-refractivity contribution in [2.45, 2.75) is 40.2 Å². The molecule has 0 unspecified atom stereocenters. The summed E-state index contributed by atoms with van der Waals surface area (Å²) < 4.78 is 4.72. The average molecular weight is 363 g/mol. The fourth-order valence-corrected chi connectivity index (χ4v) is 1.87. The fourth-order valence-electron chi connectivity index (χ4n) is 1.87. The van der Waals surface area contributed by atoms with Gasteiger partial charge in [0.05, 0.1) is 0 Å². The summed E-state index contributed by atoms with van der Waals surface area (Å²) in [4.78, 5) is 46.6. The number of nitrogens with one attached hydrogen (secondary N) is 3. The van der Waals surface area contributed by atoms with E-state index in [0.29, 0.717) is 5.56 Å². The minimum atomic E-state index is -0.784. The van der Waals surface area contributed by atoms with Crippen LogP contribution in [-0.2, 0) is 14.3 Å². The van der Waals surface area contributed by atoms with Gasteiger partial charge in [-0.05, 0) is 57.9 Å². The predicted octanol–water partition coefficient (Wildman–Crippen LogP) is 1.20. The Balaban J connectivity index is 2.35. The molecule has 1 aromatic carbocycles. The highest BCUT2D eigenvalue weighted by Crippen LogP contribution is 2.09. The number of aryl methyl sites for hydroxylation is 2. The highest BCUT2D eigenvalue weighted by Gasteiger charge is 2.17. The van der Waals surface area contributed by atoms with Crippen molar-refractivity contribution in [1.29, 1.82) is 0 Å². The summed E-state index contributed by atoms with van der Waals surface area (Å²) >= 11 is 0. The van der Waals surface area contributed by atoms with E-state index >= 15 is 0 Å². The van der Waals surface area contributed by atoms with Gasteiger partial charge in [-0.2, -0.15) is 0 Å². The fraction of sp³-hybridized carbons (Fsp3) is 0.444. The normalized spacial score (nSPS) is 10.7. The topological polar surface area (TPSA) is 114 Å². The van der Waals surface area contributed by atoms with E-state index in [1.165, 1.54) is 0 Å². The van der Waals surface area contributed by atoms with Gasteiger partial charge in [0.1, 0.15) is 6.54 Å². The Labute approximate surface area is 152 Å². The number of ether oxygens (including phenoxy) is 1. The molecule has 0 heterocycles. The van der Waals surface area contributed by atoms with Gasteiger partial charge in [-0.1, -0.05) is 6.07 Å². The van der Waals surface area contributed by atoms with Crippen LogP contribution < -0.4 is 16.0 Å². The lowest BCUT2D eigenvalue weighted by molar-refractivity contribution is -0.147. The van der Waals surface area contributed by atoms with Crippen LogP contribution >= 0.6 is 0 Å². The van der Waals surface area contributed by atoms with E-state index in [2.05, 4.69) is 10.6 Å². The van der Waals surface area contributed by atoms with Crippen LogP contribution in [0.5, 0.6) is 0 Å². The minimum absolute atomic E-state index is 0.382. The number of rotatable bonds is 5. The van der Waals surface area contributed by atoms with Crippen molar-refractivity contribution in [3.05, 3.63) is 34.9 Å². The monoisotopic (exact) mass is 363 g/mol. The van der Waals surface area contributed by atoms with Crippen LogP contribution in [0.15, 0.2) is 18.2 Å². The van der Waals surface area contributed by atoms with E-state index in [1.807, 2.05) is 25.2 Å². The predicted molar refractivity (Wildman–Crippen MR) is 95.6 cm³/mol. The molecule has 0 radical (unpaired) electrons. The van der Waals surface area contributed by atoms with Gasteiger partial charge in [0.2, 0.25) is 0 Å². The summed E-state index contributed by atoms with van der Waals surface area (Å²) in [6.07, 6.45) is 0. The second kappa shape index (κ2) is 8.98. The van der Waals surface area contributed by atoms with Crippen molar-refractivity contribution < 1.29 is 23.9 Å². The molecule has 0 spiro atoms. The number of hydrogen-bond donors (Lipinski definition) is 3. The molecule has 0 saturated carbocycles. The van der Waals surface area contributed by atoms with E-state index in [0.717, 1.165) is 11.1 Å². The molecule has 0 bridgehead atoms. The lowest BCUT2D eigenvalue weighted by atomic mass is 10.1. The number of carbonyl (C=O) groups is 4. The molecule has 0 aliphatic carbocycles. The largest absolute Gasteiger partial charge is 0.454 e. The van der Waals surface area contributed by atoms with Gasteiger partial charge in [-0.15, -0.1) is 0 Å². The second-order valence-corrected chi connectivity index (χ2v) is 6.89. The van der Waals surface area contributed by atoms with Crippen LogP contribution in [0.4, 0.5) is 4.79 Å². The van der Waals surface area contributed by atoms with Gasteiger partial charge in [0, 0.05) is 11.1 Å². The van der Waals surface area contributed by atoms with Gasteiger partial charge in [-0.3, -0.25) is 19.7 Å². The Morgan fingerprint density at radius 3 is 2.27 bits per heavy atom. The van der Waals surface area contributed by atoms with Gasteiger partial charge in [-0.25, -0.2) is 4.79 Å². The van der Waals surface area contributed by atoms with Crippen molar-refractivity contribution in [2.75, 3.05) is 13.2 Å². The zero-order valence-electron chi connectivity index (χ0n) is 15.7. The number of urea groups is 1. The van der Waals surface area contributed by atoms with Crippen LogP contribution in [-0.4, -0.2) is 42.5 Å². The molecule has 1 aromatic rings. The number of benzene rings is 1. The molecular formula is C18H25N3O5. The molecule has 8 heteroatoms. The molecule has 0 aromatic heterocycles. The molecule has 0 fully saturated rings. The molecule has 8 nitrogen and oxygen atoms in total. The first kappa shape index (κ1) is 21.1. The van der Waals surface area contributed by atoms with E-state index in [-0.39, 0.29) is 6.54 Å². The molecule has 0 aliphatic rings. The standard InChI is InChI=1S/C18H25N3O5/c1-11-6-7-13(8-12(11)2)16(24)19-9-15(23)26-10-14(22)20-17(25)21-18(3,4)5/h6-8H,9-10H2,1-5H3,(H,19,24)(H2,20,21,22,25). The number of hydrogen-bond acceptors (Lipinski definition) is 5. The van der Waals surface area contributed by atoms with Gasteiger partial charge >= 0.3 is 12.0 Å². The lowest BCUT2D eigenvalue weighted by Gasteiger charge is -2.20. The summed E-state index contributed by atoms with van der Waals surface area (Å²) in [6, 6.07) is 4.51. The van der Waals surface area contributed by atoms with Crippen LogP contribution in [0.3, 0.4) is 0 Å². The highest BCUT2D eigenvalue weighted by atomic mass is 16.5. The Morgan fingerprint density at radius 1 is 1.04 bits per heavy atom. The first-order chi connectivity index (χ1) is 12.0. The minimum Gasteiger partial charge on any atom is -0.454 e. The quantitative estimate of drug-likeness (QED) is 0.680. The summed E-state index contributed by atoms with van der Waals surface area (Å²) in [7, 11) is 0. The molecule has 142 valence electrons. The second-order valence-electron chi connectivity index (χ2n) is 6.89. The van der Waals surface area contributed by atoms with Gasteiger partial charge in [0.25, 0.3) is 11.8 Å². The van der Waals surface area contributed by atoms with Crippen LogP contribution in [0, 0.1) is 13.8 Å². The summed E-state index contributed by atoms with van der Waals surface area (Å²) in [5.41, 5.74) is 1.95. The summed E-state index contributed by atoms with van der Waals surface area (Å²) in [6.45, 7) is 8.10. The molecule has 0 aliphatic heterocycles. The number of imide groups is 1. The number of carbonyl (C=O) groups excluding carboxylic acids is 4. The number of esters is 1. The van der Waals surface area contributed by atoms with Gasteiger partial charge in [0.15, 0.2) is 6.61 Å². The maximum Gasteiger partial charge on any atom is 0.325 e. The van der Waals surface area contributed by atoms with Crippen molar-refractivity contribution >= 4 is 23.8 Å². The average Bonchev–Trinajstić information content (AvgIpc) is 2.51. The van der Waals surface area contributed by atoms with E-state index in [1.54, 1.807) is 32.9 Å². The lowest BCUT2D eigenvalue weighted by Crippen LogP contribution is -2.49. The molecule has 0 atom stereocenters. The van der Waals surface area contributed by atoms with E-state index in [9.17, 15) is 19.2 Å². The first-order valence-electron chi connectivity index (χ1n) is 8.11. The molecular weight excluding hydrogens is 338 g/mol. The zero-order chi connectivity index (χ0) is 19.9. The maximum absolute atomic E-state index is 12.0. The SMILES string of the molecule is Cc1ccc(C(=O)NCC(=O)OCC(=O)NC(=O)NC(C)(C)C)cc1C. The van der Waals surface area contributed by atoms with Crippen LogP contribution in [0.25, 0.3) is 0 Å². The Hall–Kier alpha value is -2.90. The Kier molecular flexibility index (Phi) is 7.30. The molecule has 26 heavy (non-hydrogen) atoms. The third-order valence-electron chi connectivity index (χ3n) is 3.27. The number of amides is 4. The van der Waals surface area contributed by atoms with Gasteiger partial charge < -0.3 is 15.4 Å². The smallest absolute Gasteiger partial charge is 0.325 e. The van der Waals surface area contributed by atoms with E-state index < -0.39 is 36.0 Å². The van der Waals surface area contributed by atoms with Crippen molar-refractivity contribution in [3.8, 4) is 0 Å². The van der Waals surface area contributed by atoms with Crippen LogP contribution in [0.2, 0.25) is 0 Å². The molecule has 1 rings (SSSR count). The van der Waals surface area contributed by atoms with Crippen molar-refractivity contribution in [1.82, 2.24) is 16.0 Å². The van der Waals surface area contributed by atoms with Crippen molar-refractivity contribution in [3.63, 3.8) is 0 Å². The molecule has 3 N–H and O–H groups in total. The summed E-state index contributed by atoms with van der Waals surface area (Å²) in [5, 5.41) is 6.99. The Bertz CT molecular complexity index is 707.